The van der Waals surface area contributed by atoms with Crippen molar-refractivity contribution in [1.29, 1.82) is 0 Å². The largest absolute Gasteiger partial charge is 0.490 e. The number of hydrogen-bond donors (Lipinski definition) is 1. The summed E-state index contributed by atoms with van der Waals surface area (Å²) >= 11 is 0. The monoisotopic (exact) mass is 280 g/mol. The topological polar surface area (TPSA) is 55.8 Å². The van der Waals surface area contributed by atoms with Gasteiger partial charge < -0.3 is 14.4 Å². The average molecular weight is 280 g/mol. The Morgan fingerprint density at radius 3 is 2.15 bits per heavy atom. The van der Waals surface area contributed by atoms with Crippen LogP contribution in [0.3, 0.4) is 0 Å². The van der Waals surface area contributed by atoms with Crippen LogP contribution in [0, 0.1) is 11.3 Å². The molecule has 0 aromatic rings. The van der Waals surface area contributed by atoms with Gasteiger partial charge >= 0.3 is 13.1 Å². The first-order valence-corrected chi connectivity index (χ1v) is 7.24. The van der Waals surface area contributed by atoms with E-state index in [1.807, 2.05) is 41.5 Å². The average Bonchev–Trinajstić information content (AvgIpc) is 2.47. The minimum absolute atomic E-state index is 0.223. The van der Waals surface area contributed by atoms with Gasteiger partial charge in [-0.3, -0.25) is 4.79 Å². The summed E-state index contributed by atoms with van der Waals surface area (Å²) in [5.74, 6) is -1.13. The van der Waals surface area contributed by atoms with E-state index in [9.17, 15) is 9.90 Å². The molecule has 1 heterocycles. The zero-order valence-corrected chi connectivity index (χ0v) is 13.3. The van der Waals surface area contributed by atoms with E-state index in [0.29, 0.717) is 6.42 Å². The Hall–Kier alpha value is -0.805. The highest BCUT2D eigenvalue weighted by atomic mass is 16.7. The molecule has 4 nitrogen and oxygen atoms in total. The van der Waals surface area contributed by atoms with Crippen LogP contribution in [0.4, 0.5) is 0 Å². The van der Waals surface area contributed by atoms with Crippen LogP contribution in [0.1, 0.15) is 54.4 Å². The number of carboxylic acids is 1. The van der Waals surface area contributed by atoms with Crippen LogP contribution in [0.5, 0.6) is 0 Å². The van der Waals surface area contributed by atoms with Crippen molar-refractivity contribution in [2.24, 2.45) is 11.3 Å². The van der Waals surface area contributed by atoms with Gasteiger partial charge in [0.25, 0.3) is 0 Å². The third-order valence-electron chi connectivity index (χ3n) is 5.13. The van der Waals surface area contributed by atoms with Gasteiger partial charge in [-0.25, -0.2) is 0 Å². The van der Waals surface area contributed by atoms with Gasteiger partial charge in [0.15, 0.2) is 0 Å². The van der Waals surface area contributed by atoms with E-state index < -0.39 is 13.1 Å². The number of allylic oxidation sites excluding steroid dienone is 2. The minimum atomic E-state index is -0.739. The summed E-state index contributed by atoms with van der Waals surface area (Å²) in [6.07, 6.45) is 3.34. The minimum Gasteiger partial charge on any atom is -0.481 e. The highest BCUT2D eigenvalue weighted by Gasteiger charge is 2.53. The normalized spacial score (nSPS) is 31.0. The maximum Gasteiger partial charge on any atom is 0.490 e. The summed E-state index contributed by atoms with van der Waals surface area (Å²) in [6.45, 7) is 12.0. The predicted molar refractivity (Wildman–Crippen MR) is 78.3 cm³/mol. The molecule has 1 atom stereocenters. The fourth-order valence-corrected chi connectivity index (χ4v) is 2.74. The van der Waals surface area contributed by atoms with E-state index in [1.165, 1.54) is 0 Å². The number of carboxylic acid groups (broad SMARTS) is 1. The molecular formula is C15H25BO4. The van der Waals surface area contributed by atoms with Gasteiger partial charge in [-0.15, -0.1) is 0 Å². The van der Waals surface area contributed by atoms with Crippen LogP contribution in [0.2, 0.25) is 0 Å². The van der Waals surface area contributed by atoms with Crippen LogP contribution in [0.25, 0.3) is 0 Å². The molecule has 1 fully saturated rings. The molecule has 20 heavy (non-hydrogen) atoms. The standard InChI is InChI=1S/C15H25BO4/c1-13(2)8-7-10(9-11(13)12(17)18)16-19-14(3,4)15(5,6)20-16/h7,11H,8-9H2,1-6H3,(H,17,18)/t11-/m0/s1. The Bertz CT molecular complexity index is 435. The lowest BCUT2D eigenvalue weighted by Gasteiger charge is -2.35. The summed E-state index contributed by atoms with van der Waals surface area (Å²) in [4.78, 5) is 11.5. The summed E-state index contributed by atoms with van der Waals surface area (Å²) in [5, 5.41) is 9.43. The van der Waals surface area contributed by atoms with Crippen LogP contribution < -0.4 is 0 Å². The Morgan fingerprint density at radius 1 is 1.20 bits per heavy atom. The molecule has 0 amide bonds. The second-order valence-corrected chi connectivity index (χ2v) is 7.65. The number of rotatable bonds is 2. The van der Waals surface area contributed by atoms with Crippen molar-refractivity contribution in [3.8, 4) is 0 Å². The fraction of sp³-hybridized carbons (Fsp3) is 0.800. The second kappa shape index (κ2) is 4.60. The van der Waals surface area contributed by atoms with Crippen molar-refractivity contribution in [1.82, 2.24) is 0 Å². The van der Waals surface area contributed by atoms with Crippen molar-refractivity contribution in [3.63, 3.8) is 0 Å². The zero-order valence-electron chi connectivity index (χ0n) is 13.3. The Morgan fingerprint density at radius 2 is 1.70 bits per heavy atom. The van der Waals surface area contributed by atoms with Crippen molar-refractivity contribution < 1.29 is 19.2 Å². The van der Waals surface area contributed by atoms with E-state index in [1.54, 1.807) is 0 Å². The van der Waals surface area contributed by atoms with Crippen molar-refractivity contribution in [2.75, 3.05) is 0 Å². The van der Waals surface area contributed by atoms with Crippen molar-refractivity contribution in [3.05, 3.63) is 11.5 Å². The van der Waals surface area contributed by atoms with Gasteiger partial charge in [0.05, 0.1) is 17.1 Å². The SMILES string of the molecule is CC1(C)CC=C(B2OC(C)(C)C(C)(C)O2)C[C@H]1C(=O)O. The van der Waals surface area contributed by atoms with Crippen molar-refractivity contribution in [2.45, 2.75) is 65.6 Å². The third-order valence-corrected chi connectivity index (χ3v) is 5.13. The molecule has 0 aromatic carbocycles. The van der Waals surface area contributed by atoms with Gasteiger partial charge in [0.1, 0.15) is 0 Å². The molecule has 0 saturated carbocycles. The maximum absolute atomic E-state index is 11.5. The van der Waals surface area contributed by atoms with E-state index in [4.69, 9.17) is 9.31 Å². The van der Waals surface area contributed by atoms with E-state index in [2.05, 4.69) is 6.08 Å². The first-order chi connectivity index (χ1) is 8.96. The van der Waals surface area contributed by atoms with E-state index in [-0.39, 0.29) is 22.5 Å². The molecule has 1 saturated heterocycles. The molecule has 1 aliphatic heterocycles. The summed E-state index contributed by atoms with van der Waals surface area (Å²) in [6, 6.07) is 0. The smallest absolute Gasteiger partial charge is 0.481 e. The Balaban J connectivity index is 2.20. The lowest BCUT2D eigenvalue weighted by molar-refractivity contribution is -0.146. The molecule has 0 bridgehead atoms. The number of carbonyl (C=O) groups is 1. The van der Waals surface area contributed by atoms with Crippen molar-refractivity contribution >= 4 is 13.1 Å². The summed E-state index contributed by atoms with van der Waals surface area (Å²) in [5.41, 5.74) is -0.0248. The maximum atomic E-state index is 11.5. The molecule has 1 N–H and O–H groups in total. The number of aliphatic carboxylic acids is 1. The first kappa shape index (κ1) is 15.6. The van der Waals surface area contributed by atoms with Gasteiger partial charge in [0.2, 0.25) is 0 Å². The Kier molecular flexibility index (Phi) is 3.58. The van der Waals surface area contributed by atoms with E-state index in [0.717, 1.165) is 11.9 Å². The Labute approximate surface area is 121 Å². The quantitative estimate of drug-likeness (QED) is 0.790. The van der Waals surface area contributed by atoms with Crippen LogP contribution in [0.15, 0.2) is 11.5 Å². The van der Waals surface area contributed by atoms with Gasteiger partial charge in [-0.1, -0.05) is 19.9 Å². The van der Waals surface area contributed by atoms with Crippen LogP contribution >= 0.6 is 0 Å². The highest BCUT2D eigenvalue weighted by molar-refractivity contribution is 6.54. The fourth-order valence-electron chi connectivity index (χ4n) is 2.74. The van der Waals surface area contributed by atoms with Crippen LogP contribution in [-0.4, -0.2) is 29.4 Å². The second-order valence-electron chi connectivity index (χ2n) is 7.65. The highest BCUT2D eigenvalue weighted by Crippen LogP contribution is 2.45. The molecule has 5 heteroatoms. The zero-order chi connectivity index (χ0) is 15.3. The van der Waals surface area contributed by atoms with Crippen LogP contribution in [-0.2, 0) is 14.1 Å². The predicted octanol–water partition coefficient (Wildman–Crippen LogP) is 3.07. The van der Waals surface area contributed by atoms with E-state index >= 15 is 0 Å². The molecule has 0 aromatic heterocycles. The van der Waals surface area contributed by atoms with Gasteiger partial charge in [-0.2, -0.15) is 0 Å². The molecule has 2 aliphatic rings. The van der Waals surface area contributed by atoms with Gasteiger partial charge in [-0.05, 0) is 51.4 Å². The third kappa shape index (κ3) is 2.53. The molecule has 1 aliphatic carbocycles. The first-order valence-electron chi connectivity index (χ1n) is 7.24. The molecule has 0 unspecified atom stereocenters. The number of hydrogen-bond acceptors (Lipinski definition) is 3. The molecule has 2 rings (SSSR count). The summed E-state index contributed by atoms with van der Waals surface area (Å²) in [7, 11) is -0.419. The lowest BCUT2D eigenvalue weighted by Crippen LogP contribution is -2.41. The lowest BCUT2D eigenvalue weighted by atomic mass is 9.62. The summed E-state index contributed by atoms with van der Waals surface area (Å²) < 4.78 is 12.0. The molecule has 0 radical (unpaired) electrons. The van der Waals surface area contributed by atoms with Gasteiger partial charge in [0, 0.05) is 0 Å². The molecular weight excluding hydrogens is 255 g/mol. The molecule has 112 valence electrons. The molecule has 0 spiro atoms.